The van der Waals surface area contributed by atoms with E-state index in [4.69, 9.17) is 0 Å². The molecule has 0 atom stereocenters. The predicted molar refractivity (Wildman–Crippen MR) is 103 cm³/mol. The summed E-state index contributed by atoms with van der Waals surface area (Å²) in [4.78, 5) is 21.7. The van der Waals surface area contributed by atoms with Gasteiger partial charge in [-0.2, -0.15) is 17.5 Å². The van der Waals surface area contributed by atoms with Crippen LogP contribution in [0.4, 0.5) is 11.4 Å². The van der Waals surface area contributed by atoms with Gasteiger partial charge >= 0.3 is 5.69 Å². The highest BCUT2D eigenvalue weighted by molar-refractivity contribution is 9.11. The average molecular weight is 518 g/mol. The Kier molecular flexibility index (Phi) is 4.13. The van der Waals surface area contributed by atoms with Crippen LogP contribution in [0.1, 0.15) is 0 Å². The summed E-state index contributed by atoms with van der Waals surface area (Å²) in [6, 6.07) is 2.61. The average Bonchev–Trinajstić information content (AvgIpc) is 3.23. The molecule has 0 aliphatic rings. The van der Waals surface area contributed by atoms with Crippen LogP contribution in [-0.2, 0) is 0 Å². The first-order chi connectivity index (χ1) is 12.4. The monoisotopic (exact) mass is 516 g/mol. The first kappa shape index (κ1) is 17.3. The Hall–Kier alpha value is -2.16. The third-order valence-electron chi connectivity index (χ3n) is 3.58. The molecule has 10 nitrogen and oxygen atoms in total. The van der Waals surface area contributed by atoms with Crippen LogP contribution in [0, 0.1) is 20.2 Å². The summed E-state index contributed by atoms with van der Waals surface area (Å²) >= 11 is 8.24. The Morgan fingerprint density at radius 3 is 2.19 bits per heavy atom. The molecule has 0 unspecified atom stereocenters. The molecule has 2 aromatic heterocycles. The number of hydrogen-bond donors (Lipinski definition) is 0. The van der Waals surface area contributed by atoms with Crippen molar-refractivity contribution in [1.29, 1.82) is 0 Å². The van der Waals surface area contributed by atoms with E-state index in [9.17, 15) is 20.2 Å². The topological polar surface area (TPSA) is 138 Å². The molecule has 0 saturated heterocycles. The van der Waals surface area contributed by atoms with Gasteiger partial charge in [0, 0.05) is 23.3 Å². The van der Waals surface area contributed by atoms with Crippen LogP contribution in [-0.4, -0.2) is 27.3 Å². The fraction of sp³-hybridized carbons (Fsp3) is 0. The second-order valence-corrected chi connectivity index (χ2v) is 7.60. The number of nitrogens with zero attached hydrogens (tertiary/aromatic N) is 6. The fourth-order valence-corrected chi connectivity index (χ4v) is 5.35. The zero-order valence-corrected chi connectivity index (χ0v) is 16.8. The van der Waals surface area contributed by atoms with Gasteiger partial charge in [0.15, 0.2) is 0 Å². The van der Waals surface area contributed by atoms with Crippen molar-refractivity contribution >= 4 is 88.8 Å². The first-order valence-electron chi connectivity index (χ1n) is 6.58. The van der Waals surface area contributed by atoms with Gasteiger partial charge in [0.05, 0.1) is 33.3 Å². The third-order valence-corrected chi connectivity index (χ3v) is 6.17. The number of rotatable bonds is 3. The summed E-state index contributed by atoms with van der Waals surface area (Å²) in [6.45, 7) is 0. The molecule has 26 heavy (non-hydrogen) atoms. The number of fused-ring (bicyclic) bond motifs is 2. The van der Waals surface area contributed by atoms with E-state index in [1.54, 1.807) is 0 Å². The van der Waals surface area contributed by atoms with Crippen molar-refractivity contribution in [2.75, 3.05) is 0 Å². The van der Waals surface area contributed by atoms with Crippen molar-refractivity contribution in [1.82, 2.24) is 17.5 Å². The lowest BCUT2D eigenvalue weighted by molar-refractivity contribution is -0.386. The zero-order chi connectivity index (χ0) is 18.6. The molecule has 14 heteroatoms. The molecule has 0 radical (unpaired) electrons. The summed E-state index contributed by atoms with van der Waals surface area (Å²) in [6.07, 6.45) is 0. The van der Waals surface area contributed by atoms with Crippen LogP contribution in [0.15, 0.2) is 21.1 Å². The second-order valence-electron chi connectivity index (χ2n) is 4.95. The van der Waals surface area contributed by atoms with Crippen molar-refractivity contribution in [2.24, 2.45) is 0 Å². The molecule has 0 fully saturated rings. The van der Waals surface area contributed by atoms with E-state index in [2.05, 4.69) is 49.4 Å². The summed E-state index contributed by atoms with van der Waals surface area (Å²) in [5, 5.41) is 22.8. The molecule has 0 saturated carbocycles. The number of aromatic nitrogens is 4. The van der Waals surface area contributed by atoms with Crippen molar-refractivity contribution in [3.8, 4) is 11.1 Å². The molecule has 4 aromatic rings. The quantitative estimate of drug-likeness (QED) is 0.281. The van der Waals surface area contributed by atoms with Crippen molar-refractivity contribution in [3.63, 3.8) is 0 Å². The van der Waals surface area contributed by atoms with E-state index >= 15 is 0 Å². The molecule has 130 valence electrons. The number of nitro groups is 2. The number of nitro benzene ring substituents is 2. The van der Waals surface area contributed by atoms with E-state index in [-0.39, 0.29) is 20.3 Å². The van der Waals surface area contributed by atoms with E-state index < -0.39 is 9.85 Å². The Bertz CT molecular complexity index is 1240. The van der Waals surface area contributed by atoms with E-state index in [0.717, 1.165) is 23.5 Å². The second kappa shape index (κ2) is 6.22. The maximum atomic E-state index is 11.5. The Labute approximate surface area is 168 Å². The van der Waals surface area contributed by atoms with E-state index in [1.165, 1.54) is 12.1 Å². The first-order valence-corrected chi connectivity index (χ1v) is 9.63. The molecule has 2 aromatic carbocycles. The molecule has 0 bridgehead atoms. The Morgan fingerprint density at radius 2 is 1.50 bits per heavy atom. The van der Waals surface area contributed by atoms with Gasteiger partial charge in [0.25, 0.3) is 5.69 Å². The minimum absolute atomic E-state index is 0.129. The van der Waals surface area contributed by atoms with Crippen LogP contribution in [0.25, 0.3) is 33.2 Å². The van der Waals surface area contributed by atoms with Gasteiger partial charge in [0.1, 0.15) is 31.0 Å². The molecular weight excluding hydrogens is 516 g/mol. The molecule has 2 heterocycles. The molecule has 0 amide bonds. The van der Waals surface area contributed by atoms with Gasteiger partial charge in [0.2, 0.25) is 0 Å². The molecule has 0 N–H and O–H groups in total. The van der Waals surface area contributed by atoms with Crippen LogP contribution in [0.3, 0.4) is 0 Å². The highest BCUT2D eigenvalue weighted by Gasteiger charge is 2.30. The summed E-state index contributed by atoms with van der Waals surface area (Å²) < 4.78 is 16.9. The lowest BCUT2D eigenvalue weighted by Gasteiger charge is -2.09. The van der Waals surface area contributed by atoms with Gasteiger partial charge in [-0.15, -0.1) is 0 Å². The van der Waals surface area contributed by atoms with Crippen molar-refractivity contribution in [3.05, 3.63) is 41.3 Å². The van der Waals surface area contributed by atoms with Crippen LogP contribution in [0.5, 0.6) is 0 Å². The standard InChI is InChI=1S/C12H2Br2N6O4S2/c13-7-6(10-11(18-26-17-10)8(14)12(7)20(23)24)4-1-3(19(21)22)2-5-9(4)16-25-15-5/h1-2H. The molecule has 0 aliphatic carbocycles. The predicted octanol–water partition coefficient (Wildman–Crippen LogP) is 4.70. The highest BCUT2D eigenvalue weighted by Crippen LogP contribution is 2.47. The summed E-state index contributed by atoms with van der Waals surface area (Å²) in [5.41, 5.74) is 1.57. The van der Waals surface area contributed by atoms with E-state index in [1.807, 2.05) is 0 Å². The maximum Gasteiger partial charge on any atom is 0.300 e. The Balaban J connectivity index is 2.21. The summed E-state index contributed by atoms with van der Waals surface area (Å²) in [5.74, 6) is 0. The summed E-state index contributed by atoms with van der Waals surface area (Å²) in [7, 11) is 0. The van der Waals surface area contributed by atoms with Gasteiger partial charge in [-0.25, -0.2) is 0 Å². The number of halogens is 2. The lowest BCUT2D eigenvalue weighted by atomic mass is 10.0. The number of non-ortho nitro benzene ring substituents is 1. The van der Waals surface area contributed by atoms with Crippen LogP contribution < -0.4 is 0 Å². The normalized spacial score (nSPS) is 11.3. The van der Waals surface area contributed by atoms with Crippen LogP contribution >= 0.6 is 55.3 Å². The van der Waals surface area contributed by atoms with Crippen molar-refractivity contribution in [2.45, 2.75) is 0 Å². The minimum Gasteiger partial charge on any atom is -0.258 e. The molecule has 4 rings (SSSR count). The number of hydrogen-bond acceptors (Lipinski definition) is 10. The van der Waals surface area contributed by atoms with Crippen molar-refractivity contribution < 1.29 is 9.85 Å². The SMILES string of the molecule is O=[N+]([O-])c1cc(-c2c(Br)c([N+](=O)[O-])c(Br)c3nsnc23)c2nsnc2c1. The van der Waals surface area contributed by atoms with Gasteiger partial charge in [-0.1, -0.05) is 0 Å². The fourth-order valence-electron chi connectivity index (χ4n) is 2.50. The number of benzene rings is 2. The molecular formula is C12H2Br2N6O4S2. The van der Waals surface area contributed by atoms with Gasteiger partial charge in [-0.05, 0) is 31.9 Å². The highest BCUT2D eigenvalue weighted by atomic mass is 79.9. The zero-order valence-electron chi connectivity index (χ0n) is 12.0. The molecule has 0 aliphatic heterocycles. The van der Waals surface area contributed by atoms with Gasteiger partial charge in [-0.3, -0.25) is 20.2 Å². The third kappa shape index (κ3) is 2.48. The lowest BCUT2D eigenvalue weighted by Crippen LogP contribution is -1.97. The maximum absolute atomic E-state index is 11.5. The van der Waals surface area contributed by atoms with Gasteiger partial charge < -0.3 is 0 Å². The smallest absolute Gasteiger partial charge is 0.258 e. The largest absolute Gasteiger partial charge is 0.300 e. The molecule has 0 spiro atoms. The van der Waals surface area contributed by atoms with E-state index in [0.29, 0.717) is 33.2 Å². The Morgan fingerprint density at radius 1 is 0.846 bits per heavy atom. The minimum atomic E-state index is -0.565. The van der Waals surface area contributed by atoms with Crippen LogP contribution in [0.2, 0.25) is 0 Å².